The van der Waals surface area contributed by atoms with Gasteiger partial charge in [0.1, 0.15) is 6.61 Å². The number of benzene rings is 1. The minimum atomic E-state index is -0.629. The maximum Gasteiger partial charge on any atom is 0.336 e. The lowest BCUT2D eigenvalue weighted by atomic mass is 9.68. The molecule has 1 atom stereocenters. The average Bonchev–Trinajstić information content (AvgIpc) is 2.65. The fourth-order valence-electron chi connectivity index (χ4n) is 4.18. The number of halogens is 2. The Kier molecular flexibility index (Phi) is 6.95. The molecular weight excluding hydrogens is 425 g/mol. The lowest BCUT2D eigenvalue weighted by Gasteiger charge is -2.39. The molecule has 7 heteroatoms. The first kappa shape index (κ1) is 22.9. The zero-order chi connectivity index (χ0) is 22.1. The second kappa shape index (κ2) is 9.13. The summed E-state index contributed by atoms with van der Waals surface area (Å²) in [7, 11) is 0. The minimum absolute atomic E-state index is 0.00177. The Labute approximate surface area is 187 Å². The first-order valence-electron chi connectivity index (χ1n) is 10.1. The van der Waals surface area contributed by atoms with E-state index in [9.17, 15) is 9.59 Å². The van der Waals surface area contributed by atoms with Crippen molar-refractivity contribution >= 4 is 35.0 Å². The number of nitrogens with one attached hydrogen (secondary N) is 1. The molecule has 1 N–H and O–H groups in total. The van der Waals surface area contributed by atoms with Crippen molar-refractivity contribution in [2.24, 2.45) is 5.41 Å². The van der Waals surface area contributed by atoms with E-state index in [4.69, 9.17) is 32.7 Å². The molecule has 1 aromatic rings. The molecular formula is C23H27Cl2NO4. The van der Waals surface area contributed by atoms with Crippen molar-refractivity contribution in [3.8, 4) is 0 Å². The molecule has 1 aromatic carbocycles. The predicted octanol–water partition coefficient (Wildman–Crippen LogP) is 5.18. The Morgan fingerprint density at radius 3 is 2.67 bits per heavy atom. The molecule has 0 spiro atoms. The number of ketones is 1. The zero-order valence-corrected chi connectivity index (χ0v) is 19.2. The van der Waals surface area contributed by atoms with Gasteiger partial charge in [-0.05, 0) is 37.3 Å². The summed E-state index contributed by atoms with van der Waals surface area (Å²) in [6.07, 6.45) is 1.10. The molecule has 2 aliphatic rings. The second-order valence-electron chi connectivity index (χ2n) is 8.41. The highest BCUT2D eigenvalue weighted by Gasteiger charge is 2.43. The van der Waals surface area contributed by atoms with Gasteiger partial charge in [0, 0.05) is 35.9 Å². The van der Waals surface area contributed by atoms with Gasteiger partial charge in [-0.1, -0.05) is 49.2 Å². The van der Waals surface area contributed by atoms with E-state index in [1.165, 1.54) is 0 Å². The Morgan fingerprint density at radius 1 is 1.23 bits per heavy atom. The van der Waals surface area contributed by atoms with Gasteiger partial charge >= 0.3 is 5.97 Å². The van der Waals surface area contributed by atoms with Gasteiger partial charge < -0.3 is 14.8 Å². The number of ether oxygens (including phenoxy) is 2. The van der Waals surface area contributed by atoms with Crippen LogP contribution in [0.25, 0.3) is 0 Å². The SMILES string of the molecule is CCOCCOC(=O)C1=C(C)NC2=C(C(=O)CC(C)(C)C2)C1c1cccc(Cl)c1Cl. The molecule has 30 heavy (non-hydrogen) atoms. The van der Waals surface area contributed by atoms with Gasteiger partial charge in [-0.2, -0.15) is 0 Å². The molecule has 3 rings (SSSR count). The maximum atomic E-state index is 13.2. The molecule has 1 unspecified atom stereocenters. The fraction of sp³-hybridized carbons (Fsp3) is 0.478. The molecule has 0 radical (unpaired) electrons. The van der Waals surface area contributed by atoms with Crippen LogP contribution in [0.5, 0.6) is 0 Å². The topological polar surface area (TPSA) is 64.6 Å². The van der Waals surface area contributed by atoms with Crippen molar-refractivity contribution in [2.75, 3.05) is 19.8 Å². The van der Waals surface area contributed by atoms with E-state index < -0.39 is 11.9 Å². The molecule has 0 saturated heterocycles. The van der Waals surface area contributed by atoms with Crippen molar-refractivity contribution in [2.45, 2.75) is 46.5 Å². The quantitative estimate of drug-likeness (QED) is 0.476. The summed E-state index contributed by atoms with van der Waals surface area (Å²) in [6, 6.07) is 5.27. The Bertz CT molecular complexity index is 933. The number of hydrogen-bond donors (Lipinski definition) is 1. The van der Waals surface area contributed by atoms with Crippen LogP contribution in [0.15, 0.2) is 40.7 Å². The number of hydrogen-bond acceptors (Lipinski definition) is 5. The molecule has 0 aromatic heterocycles. The number of esters is 1. The average molecular weight is 452 g/mol. The minimum Gasteiger partial charge on any atom is -0.460 e. The van der Waals surface area contributed by atoms with Crippen LogP contribution in [0, 0.1) is 5.41 Å². The number of allylic oxidation sites excluding steroid dienone is 3. The smallest absolute Gasteiger partial charge is 0.336 e. The summed E-state index contributed by atoms with van der Waals surface area (Å²) in [5, 5.41) is 4.01. The van der Waals surface area contributed by atoms with Gasteiger partial charge in [-0.25, -0.2) is 4.79 Å². The normalized spacial score (nSPS) is 20.7. The van der Waals surface area contributed by atoms with E-state index in [1.807, 2.05) is 19.9 Å². The highest BCUT2D eigenvalue weighted by molar-refractivity contribution is 6.42. The van der Waals surface area contributed by atoms with E-state index in [1.54, 1.807) is 12.1 Å². The lowest BCUT2D eigenvalue weighted by molar-refractivity contribution is -0.140. The molecule has 0 fully saturated rings. The van der Waals surface area contributed by atoms with Gasteiger partial charge in [0.2, 0.25) is 0 Å². The monoisotopic (exact) mass is 451 g/mol. The van der Waals surface area contributed by atoms with Crippen LogP contribution in [-0.4, -0.2) is 31.6 Å². The van der Waals surface area contributed by atoms with E-state index in [0.29, 0.717) is 58.5 Å². The molecule has 162 valence electrons. The van der Waals surface area contributed by atoms with Gasteiger partial charge in [0.15, 0.2) is 5.78 Å². The molecule has 1 heterocycles. The van der Waals surface area contributed by atoms with Crippen LogP contribution < -0.4 is 5.32 Å². The highest BCUT2D eigenvalue weighted by Crippen LogP contribution is 2.48. The summed E-state index contributed by atoms with van der Waals surface area (Å²) in [6.45, 7) is 8.81. The molecule has 5 nitrogen and oxygen atoms in total. The van der Waals surface area contributed by atoms with Gasteiger partial charge in [0.25, 0.3) is 0 Å². The Balaban J connectivity index is 2.08. The van der Waals surface area contributed by atoms with E-state index in [2.05, 4.69) is 19.2 Å². The number of carbonyl (C=O) groups excluding carboxylic acids is 2. The molecule has 1 aliphatic carbocycles. The van der Waals surface area contributed by atoms with E-state index in [-0.39, 0.29) is 17.8 Å². The predicted molar refractivity (Wildman–Crippen MR) is 118 cm³/mol. The van der Waals surface area contributed by atoms with Crippen LogP contribution in [-0.2, 0) is 19.1 Å². The lowest BCUT2D eigenvalue weighted by Crippen LogP contribution is -2.38. The van der Waals surface area contributed by atoms with Crippen LogP contribution in [0.2, 0.25) is 10.0 Å². The third-order valence-electron chi connectivity index (χ3n) is 5.42. The first-order valence-corrected chi connectivity index (χ1v) is 10.8. The molecule has 0 saturated carbocycles. The Hall–Kier alpha value is -1.82. The summed E-state index contributed by atoms with van der Waals surface area (Å²) < 4.78 is 10.7. The van der Waals surface area contributed by atoms with Gasteiger partial charge in [0.05, 0.1) is 22.2 Å². The standard InChI is InChI=1S/C23H27Cl2NO4/c1-5-29-9-10-30-22(28)18-13(2)26-16-11-23(3,4)12-17(27)20(16)19(18)14-7-6-8-15(24)21(14)25/h6-8,19,26H,5,9-12H2,1-4H3. The second-order valence-corrected chi connectivity index (χ2v) is 9.19. The van der Waals surface area contributed by atoms with E-state index in [0.717, 1.165) is 5.70 Å². The van der Waals surface area contributed by atoms with Gasteiger partial charge in [-0.15, -0.1) is 0 Å². The van der Waals surface area contributed by atoms with Crippen LogP contribution >= 0.6 is 23.2 Å². The van der Waals surface area contributed by atoms with Crippen molar-refractivity contribution in [1.29, 1.82) is 0 Å². The zero-order valence-electron chi connectivity index (χ0n) is 17.7. The van der Waals surface area contributed by atoms with Gasteiger partial charge in [-0.3, -0.25) is 4.79 Å². The summed E-state index contributed by atoms with van der Waals surface area (Å²) >= 11 is 12.8. The van der Waals surface area contributed by atoms with Crippen molar-refractivity contribution in [1.82, 2.24) is 5.32 Å². The summed E-state index contributed by atoms with van der Waals surface area (Å²) in [5.74, 6) is -1.12. The summed E-state index contributed by atoms with van der Waals surface area (Å²) in [5.41, 5.74) is 2.90. The van der Waals surface area contributed by atoms with Crippen molar-refractivity contribution in [3.63, 3.8) is 0 Å². The third kappa shape index (κ3) is 4.58. The van der Waals surface area contributed by atoms with Crippen LogP contribution in [0.1, 0.15) is 52.0 Å². The third-order valence-corrected chi connectivity index (χ3v) is 6.25. The number of Topliss-reactive ketones (excluding diaryl/α,β-unsaturated/α-hetero) is 1. The molecule has 1 aliphatic heterocycles. The Morgan fingerprint density at radius 2 is 1.97 bits per heavy atom. The molecule has 0 amide bonds. The maximum absolute atomic E-state index is 13.2. The van der Waals surface area contributed by atoms with E-state index >= 15 is 0 Å². The number of rotatable bonds is 6. The van der Waals surface area contributed by atoms with Crippen LogP contribution in [0.3, 0.4) is 0 Å². The highest BCUT2D eigenvalue weighted by atomic mass is 35.5. The number of dihydropyridines is 1. The van der Waals surface area contributed by atoms with Crippen molar-refractivity contribution in [3.05, 3.63) is 56.3 Å². The summed E-state index contributed by atoms with van der Waals surface area (Å²) in [4.78, 5) is 26.3. The first-order chi connectivity index (χ1) is 14.2. The fourth-order valence-corrected chi connectivity index (χ4v) is 4.59. The largest absolute Gasteiger partial charge is 0.460 e. The van der Waals surface area contributed by atoms with Crippen LogP contribution in [0.4, 0.5) is 0 Å². The number of carbonyl (C=O) groups is 2. The molecule has 0 bridgehead atoms. The van der Waals surface area contributed by atoms with Crippen molar-refractivity contribution < 1.29 is 19.1 Å².